The molecule has 0 spiro atoms. The summed E-state index contributed by atoms with van der Waals surface area (Å²) in [6.45, 7) is 0.522. The Balaban J connectivity index is 1.42. The lowest BCUT2D eigenvalue weighted by molar-refractivity contribution is -0.128. The largest absolute Gasteiger partial charge is 0.460 e. The normalized spacial score (nSPS) is 27.8. The Morgan fingerprint density at radius 2 is 1.96 bits per heavy atom. The molecule has 1 atom stereocenters. The van der Waals surface area contributed by atoms with Gasteiger partial charge in [0.15, 0.2) is 0 Å². The summed E-state index contributed by atoms with van der Waals surface area (Å²) >= 11 is 0. The number of hydrogen-bond donors (Lipinski definition) is 1. The summed E-state index contributed by atoms with van der Waals surface area (Å²) in [5.74, 6) is -0.164. The van der Waals surface area contributed by atoms with Crippen LogP contribution in [-0.4, -0.2) is 52.4 Å². The molecule has 2 aliphatic rings. The Morgan fingerprint density at radius 3 is 2.57 bits per heavy atom. The van der Waals surface area contributed by atoms with Crippen molar-refractivity contribution in [3.05, 3.63) is 18.5 Å². The fourth-order valence-electron chi connectivity index (χ4n) is 3.18. The SMILES string of the molecule is CN1C[C@H](C(=O)NC2CCC(Oc3ncccn3)CC2)CC1=O. The molecule has 1 aromatic rings. The van der Waals surface area contributed by atoms with Crippen LogP contribution in [0.3, 0.4) is 0 Å². The van der Waals surface area contributed by atoms with E-state index in [1.165, 1.54) is 0 Å². The number of hydrogen-bond acceptors (Lipinski definition) is 5. The molecule has 1 saturated carbocycles. The fourth-order valence-corrected chi connectivity index (χ4v) is 3.18. The molecule has 1 saturated heterocycles. The summed E-state index contributed by atoms with van der Waals surface area (Å²) < 4.78 is 5.75. The van der Waals surface area contributed by atoms with Gasteiger partial charge in [0.25, 0.3) is 0 Å². The third-order valence-electron chi connectivity index (χ3n) is 4.55. The van der Waals surface area contributed by atoms with E-state index >= 15 is 0 Å². The van der Waals surface area contributed by atoms with Crippen molar-refractivity contribution in [3.8, 4) is 6.01 Å². The van der Waals surface area contributed by atoms with Crippen LogP contribution in [0.1, 0.15) is 32.1 Å². The Kier molecular flexibility index (Phi) is 4.73. The summed E-state index contributed by atoms with van der Waals surface area (Å²) in [5.41, 5.74) is 0. The molecule has 2 heterocycles. The second-order valence-corrected chi connectivity index (χ2v) is 6.31. The molecule has 0 radical (unpaired) electrons. The maximum Gasteiger partial charge on any atom is 0.316 e. The van der Waals surface area contributed by atoms with Crippen LogP contribution in [0.25, 0.3) is 0 Å². The van der Waals surface area contributed by atoms with E-state index in [1.54, 1.807) is 30.4 Å². The van der Waals surface area contributed by atoms with E-state index < -0.39 is 0 Å². The lowest BCUT2D eigenvalue weighted by Crippen LogP contribution is -2.43. The summed E-state index contributed by atoms with van der Waals surface area (Å²) in [6.07, 6.45) is 7.23. The summed E-state index contributed by atoms with van der Waals surface area (Å²) in [4.78, 5) is 33.5. The maximum absolute atomic E-state index is 12.2. The van der Waals surface area contributed by atoms with Crippen LogP contribution in [0.5, 0.6) is 6.01 Å². The lowest BCUT2D eigenvalue weighted by Gasteiger charge is -2.29. The third-order valence-corrected chi connectivity index (χ3v) is 4.55. The smallest absolute Gasteiger partial charge is 0.316 e. The number of likely N-dealkylation sites (tertiary alicyclic amines) is 1. The van der Waals surface area contributed by atoms with E-state index in [4.69, 9.17) is 4.74 Å². The average Bonchev–Trinajstić information content (AvgIpc) is 2.90. The zero-order valence-corrected chi connectivity index (χ0v) is 13.3. The van der Waals surface area contributed by atoms with Crippen LogP contribution < -0.4 is 10.1 Å². The molecule has 2 fully saturated rings. The number of rotatable bonds is 4. The van der Waals surface area contributed by atoms with Gasteiger partial charge >= 0.3 is 6.01 Å². The van der Waals surface area contributed by atoms with E-state index in [1.807, 2.05) is 0 Å². The van der Waals surface area contributed by atoms with Gasteiger partial charge in [0.2, 0.25) is 11.8 Å². The molecular formula is C16H22N4O3. The van der Waals surface area contributed by atoms with E-state index in [9.17, 15) is 9.59 Å². The van der Waals surface area contributed by atoms with Gasteiger partial charge in [0.05, 0.1) is 5.92 Å². The Morgan fingerprint density at radius 1 is 1.26 bits per heavy atom. The summed E-state index contributed by atoms with van der Waals surface area (Å²) in [7, 11) is 1.74. The minimum Gasteiger partial charge on any atom is -0.460 e. The Labute approximate surface area is 135 Å². The highest BCUT2D eigenvalue weighted by Gasteiger charge is 2.33. The van der Waals surface area contributed by atoms with Gasteiger partial charge in [-0.2, -0.15) is 0 Å². The monoisotopic (exact) mass is 318 g/mol. The lowest BCUT2D eigenvalue weighted by atomic mass is 9.92. The van der Waals surface area contributed by atoms with Crippen molar-refractivity contribution in [3.63, 3.8) is 0 Å². The van der Waals surface area contributed by atoms with Crippen molar-refractivity contribution in [1.82, 2.24) is 20.2 Å². The Hall–Kier alpha value is -2.18. The van der Waals surface area contributed by atoms with Crippen molar-refractivity contribution in [2.45, 2.75) is 44.2 Å². The highest BCUT2D eigenvalue weighted by molar-refractivity contribution is 5.89. The van der Waals surface area contributed by atoms with E-state index in [2.05, 4.69) is 15.3 Å². The summed E-state index contributed by atoms with van der Waals surface area (Å²) in [6, 6.07) is 2.33. The predicted octanol–water partition coefficient (Wildman–Crippen LogP) is 0.761. The van der Waals surface area contributed by atoms with Gasteiger partial charge in [0, 0.05) is 38.4 Å². The number of carbonyl (C=O) groups is 2. The van der Waals surface area contributed by atoms with Crippen LogP contribution in [0, 0.1) is 5.92 Å². The minimum atomic E-state index is -0.209. The number of aromatic nitrogens is 2. The first-order valence-electron chi connectivity index (χ1n) is 8.10. The van der Waals surface area contributed by atoms with Gasteiger partial charge in [-0.15, -0.1) is 0 Å². The molecule has 124 valence electrons. The van der Waals surface area contributed by atoms with Gasteiger partial charge in [-0.1, -0.05) is 0 Å². The molecule has 3 rings (SSSR count). The first-order chi connectivity index (χ1) is 11.1. The average molecular weight is 318 g/mol. The topological polar surface area (TPSA) is 84.4 Å². The molecule has 1 aliphatic heterocycles. The molecule has 1 aliphatic carbocycles. The van der Waals surface area contributed by atoms with Gasteiger partial charge in [-0.05, 0) is 31.7 Å². The second-order valence-electron chi connectivity index (χ2n) is 6.31. The molecule has 7 heteroatoms. The van der Waals surface area contributed by atoms with Crippen LogP contribution in [-0.2, 0) is 9.59 Å². The van der Waals surface area contributed by atoms with E-state index in [0.717, 1.165) is 25.7 Å². The highest BCUT2D eigenvalue weighted by atomic mass is 16.5. The number of carbonyl (C=O) groups excluding carboxylic acids is 2. The number of nitrogens with one attached hydrogen (secondary N) is 1. The van der Waals surface area contributed by atoms with Gasteiger partial charge in [0.1, 0.15) is 6.10 Å². The quantitative estimate of drug-likeness (QED) is 0.886. The number of ether oxygens (including phenoxy) is 1. The van der Waals surface area contributed by atoms with E-state index in [0.29, 0.717) is 19.0 Å². The second kappa shape index (κ2) is 6.93. The molecule has 23 heavy (non-hydrogen) atoms. The van der Waals surface area contributed by atoms with Crippen LogP contribution in [0.4, 0.5) is 0 Å². The van der Waals surface area contributed by atoms with Crippen molar-refractivity contribution < 1.29 is 14.3 Å². The Bertz CT molecular complexity index is 558. The van der Waals surface area contributed by atoms with Gasteiger partial charge in [-0.3, -0.25) is 9.59 Å². The van der Waals surface area contributed by atoms with E-state index in [-0.39, 0.29) is 29.9 Å². The third kappa shape index (κ3) is 3.97. The standard InChI is InChI=1S/C16H22N4O3/c1-20-10-11(9-14(20)21)15(22)19-12-3-5-13(6-4-12)23-16-17-7-2-8-18-16/h2,7-8,11-13H,3-6,9-10H2,1H3,(H,19,22)/t11-,12?,13?/m1/s1. The van der Waals surface area contributed by atoms with Gasteiger partial charge < -0.3 is 15.0 Å². The van der Waals surface area contributed by atoms with Crippen molar-refractivity contribution in [1.29, 1.82) is 0 Å². The number of amides is 2. The molecule has 0 bridgehead atoms. The fraction of sp³-hybridized carbons (Fsp3) is 0.625. The molecule has 2 amide bonds. The molecule has 7 nitrogen and oxygen atoms in total. The molecule has 0 aromatic carbocycles. The molecule has 1 aromatic heterocycles. The minimum absolute atomic E-state index is 0.00142. The van der Waals surface area contributed by atoms with Crippen LogP contribution >= 0.6 is 0 Å². The molecule has 1 N–H and O–H groups in total. The highest BCUT2D eigenvalue weighted by Crippen LogP contribution is 2.23. The zero-order chi connectivity index (χ0) is 16.2. The zero-order valence-electron chi connectivity index (χ0n) is 13.3. The van der Waals surface area contributed by atoms with Gasteiger partial charge in [-0.25, -0.2) is 9.97 Å². The first kappa shape index (κ1) is 15.7. The van der Waals surface area contributed by atoms with Crippen LogP contribution in [0.15, 0.2) is 18.5 Å². The van der Waals surface area contributed by atoms with Crippen molar-refractivity contribution in [2.75, 3.05) is 13.6 Å². The molecule has 0 unspecified atom stereocenters. The van der Waals surface area contributed by atoms with Crippen molar-refractivity contribution >= 4 is 11.8 Å². The summed E-state index contributed by atoms with van der Waals surface area (Å²) in [5, 5.41) is 3.08. The molecular weight excluding hydrogens is 296 g/mol. The van der Waals surface area contributed by atoms with Crippen molar-refractivity contribution in [2.24, 2.45) is 5.92 Å². The first-order valence-corrected chi connectivity index (χ1v) is 8.10. The number of nitrogens with zero attached hydrogens (tertiary/aromatic N) is 3. The maximum atomic E-state index is 12.2. The van der Waals surface area contributed by atoms with Crippen LogP contribution in [0.2, 0.25) is 0 Å². The predicted molar refractivity (Wildman–Crippen MR) is 82.6 cm³/mol.